The number of hydrogen-bond donors (Lipinski definition) is 1. The van der Waals surface area contributed by atoms with Gasteiger partial charge in [-0.2, -0.15) is 0 Å². The molecule has 0 spiro atoms. The summed E-state index contributed by atoms with van der Waals surface area (Å²) in [6, 6.07) is 8.91. The van der Waals surface area contributed by atoms with E-state index in [1.54, 1.807) is 0 Å². The van der Waals surface area contributed by atoms with Crippen LogP contribution in [0.5, 0.6) is 0 Å². The molecule has 0 aliphatic heterocycles. The SMILES string of the molecule is Cc1ccc(CNC(C)c2cc(C)c(C)cc2C)o1. The van der Waals surface area contributed by atoms with Gasteiger partial charge < -0.3 is 9.73 Å². The second kappa shape index (κ2) is 5.62. The lowest BCUT2D eigenvalue weighted by atomic mass is 9.96. The fourth-order valence-corrected chi connectivity index (χ4v) is 2.39. The first-order valence-electron chi connectivity index (χ1n) is 6.84. The molecule has 0 radical (unpaired) electrons. The highest BCUT2D eigenvalue weighted by Gasteiger charge is 2.10. The third kappa shape index (κ3) is 3.27. The Labute approximate surface area is 115 Å². The number of aryl methyl sites for hydroxylation is 4. The Kier molecular flexibility index (Phi) is 4.11. The molecule has 0 saturated carbocycles. The Morgan fingerprint density at radius 1 is 1.00 bits per heavy atom. The average molecular weight is 257 g/mol. The molecule has 1 N–H and O–H groups in total. The van der Waals surface area contributed by atoms with Gasteiger partial charge in [0.1, 0.15) is 11.5 Å². The molecule has 1 heterocycles. The summed E-state index contributed by atoms with van der Waals surface area (Å²) in [5.74, 6) is 1.96. The number of rotatable bonds is 4. The van der Waals surface area contributed by atoms with Crippen LogP contribution in [-0.4, -0.2) is 0 Å². The zero-order chi connectivity index (χ0) is 14.0. The molecule has 1 aromatic carbocycles. The number of hydrogen-bond acceptors (Lipinski definition) is 2. The van der Waals surface area contributed by atoms with Crippen LogP contribution in [0.25, 0.3) is 0 Å². The van der Waals surface area contributed by atoms with Crippen molar-refractivity contribution in [3.8, 4) is 0 Å². The molecule has 102 valence electrons. The minimum absolute atomic E-state index is 0.324. The standard InChI is InChI=1S/C17H23NO/c1-11-8-13(3)17(9-12(11)2)15(5)18-10-16-7-6-14(4)19-16/h6-9,15,18H,10H2,1-5H3. The minimum atomic E-state index is 0.324. The van der Waals surface area contributed by atoms with Crippen LogP contribution in [0.3, 0.4) is 0 Å². The van der Waals surface area contributed by atoms with E-state index in [4.69, 9.17) is 4.42 Å². The third-order valence-corrected chi connectivity index (χ3v) is 3.73. The quantitative estimate of drug-likeness (QED) is 0.880. The van der Waals surface area contributed by atoms with Gasteiger partial charge in [-0.1, -0.05) is 12.1 Å². The summed E-state index contributed by atoms with van der Waals surface area (Å²) >= 11 is 0. The molecule has 0 aliphatic carbocycles. The van der Waals surface area contributed by atoms with Crippen molar-refractivity contribution < 1.29 is 4.42 Å². The van der Waals surface area contributed by atoms with E-state index in [1.165, 1.54) is 22.3 Å². The minimum Gasteiger partial charge on any atom is -0.465 e. The van der Waals surface area contributed by atoms with Crippen LogP contribution in [0.1, 0.15) is 46.7 Å². The summed E-state index contributed by atoms with van der Waals surface area (Å²) in [4.78, 5) is 0. The molecular weight excluding hydrogens is 234 g/mol. The van der Waals surface area contributed by atoms with Crippen molar-refractivity contribution >= 4 is 0 Å². The van der Waals surface area contributed by atoms with Crippen LogP contribution >= 0.6 is 0 Å². The van der Waals surface area contributed by atoms with E-state index in [0.29, 0.717) is 6.04 Å². The van der Waals surface area contributed by atoms with Crippen LogP contribution < -0.4 is 5.32 Å². The molecule has 0 bridgehead atoms. The molecule has 2 heteroatoms. The molecule has 0 amide bonds. The lowest BCUT2D eigenvalue weighted by molar-refractivity contribution is 0.443. The summed E-state index contributed by atoms with van der Waals surface area (Å²) in [6.07, 6.45) is 0. The van der Waals surface area contributed by atoms with E-state index in [0.717, 1.165) is 18.1 Å². The summed E-state index contributed by atoms with van der Waals surface area (Å²) < 4.78 is 5.58. The zero-order valence-corrected chi connectivity index (χ0v) is 12.5. The monoisotopic (exact) mass is 257 g/mol. The summed E-state index contributed by atoms with van der Waals surface area (Å²) in [5, 5.41) is 3.52. The van der Waals surface area contributed by atoms with Gasteiger partial charge in [-0.15, -0.1) is 0 Å². The highest BCUT2D eigenvalue weighted by Crippen LogP contribution is 2.22. The molecule has 1 unspecified atom stereocenters. The highest BCUT2D eigenvalue weighted by molar-refractivity contribution is 5.38. The van der Waals surface area contributed by atoms with E-state index in [9.17, 15) is 0 Å². The van der Waals surface area contributed by atoms with Gasteiger partial charge in [0.15, 0.2) is 0 Å². The van der Waals surface area contributed by atoms with Crippen molar-refractivity contribution in [3.63, 3.8) is 0 Å². The Bertz CT molecular complexity index is 569. The predicted molar refractivity (Wildman–Crippen MR) is 79.4 cm³/mol. The van der Waals surface area contributed by atoms with E-state index >= 15 is 0 Å². The van der Waals surface area contributed by atoms with Gasteiger partial charge in [-0.3, -0.25) is 0 Å². The van der Waals surface area contributed by atoms with Crippen molar-refractivity contribution in [2.45, 2.75) is 47.2 Å². The van der Waals surface area contributed by atoms with Crippen LogP contribution in [0.15, 0.2) is 28.7 Å². The first-order chi connectivity index (χ1) is 8.97. The Morgan fingerprint density at radius 3 is 2.32 bits per heavy atom. The molecule has 19 heavy (non-hydrogen) atoms. The van der Waals surface area contributed by atoms with E-state index in [-0.39, 0.29) is 0 Å². The van der Waals surface area contributed by atoms with Crippen molar-refractivity contribution in [1.29, 1.82) is 0 Å². The molecule has 2 nitrogen and oxygen atoms in total. The van der Waals surface area contributed by atoms with E-state index in [2.05, 4.69) is 45.1 Å². The Hall–Kier alpha value is -1.54. The normalized spacial score (nSPS) is 12.7. The van der Waals surface area contributed by atoms with E-state index < -0.39 is 0 Å². The lowest BCUT2D eigenvalue weighted by Gasteiger charge is -2.18. The maximum absolute atomic E-state index is 5.58. The molecule has 1 atom stereocenters. The predicted octanol–water partition coefficient (Wildman–Crippen LogP) is 4.36. The van der Waals surface area contributed by atoms with Crippen LogP contribution in [0, 0.1) is 27.7 Å². The van der Waals surface area contributed by atoms with Crippen molar-refractivity contribution in [1.82, 2.24) is 5.32 Å². The molecular formula is C17H23NO. The van der Waals surface area contributed by atoms with Crippen LogP contribution in [-0.2, 0) is 6.54 Å². The number of nitrogens with one attached hydrogen (secondary N) is 1. The van der Waals surface area contributed by atoms with Crippen LogP contribution in [0.4, 0.5) is 0 Å². The summed E-state index contributed by atoms with van der Waals surface area (Å²) in [7, 11) is 0. The summed E-state index contributed by atoms with van der Waals surface area (Å²) in [5.41, 5.74) is 5.42. The van der Waals surface area contributed by atoms with Gasteiger partial charge in [0.25, 0.3) is 0 Å². The fraction of sp³-hybridized carbons (Fsp3) is 0.412. The van der Waals surface area contributed by atoms with Crippen molar-refractivity contribution in [2.24, 2.45) is 0 Å². The van der Waals surface area contributed by atoms with Gasteiger partial charge in [0, 0.05) is 6.04 Å². The summed E-state index contributed by atoms with van der Waals surface area (Å²) in [6.45, 7) is 11.4. The topological polar surface area (TPSA) is 25.2 Å². The Morgan fingerprint density at radius 2 is 1.68 bits per heavy atom. The zero-order valence-electron chi connectivity index (χ0n) is 12.5. The van der Waals surface area contributed by atoms with Crippen molar-refractivity contribution in [3.05, 3.63) is 58.0 Å². The molecule has 0 aliphatic rings. The average Bonchev–Trinajstić information content (AvgIpc) is 2.77. The maximum atomic E-state index is 5.58. The highest BCUT2D eigenvalue weighted by atomic mass is 16.3. The third-order valence-electron chi connectivity index (χ3n) is 3.73. The van der Waals surface area contributed by atoms with E-state index in [1.807, 2.05) is 19.1 Å². The molecule has 0 saturated heterocycles. The molecule has 2 aromatic rings. The molecule has 1 aromatic heterocycles. The Balaban J connectivity index is 2.07. The molecule has 2 rings (SSSR count). The van der Waals surface area contributed by atoms with Gasteiger partial charge in [0.2, 0.25) is 0 Å². The smallest absolute Gasteiger partial charge is 0.117 e. The fourth-order valence-electron chi connectivity index (χ4n) is 2.39. The second-order valence-electron chi connectivity index (χ2n) is 5.41. The molecule has 0 fully saturated rings. The second-order valence-corrected chi connectivity index (χ2v) is 5.41. The maximum Gasteiger partial charge on any atom is 0.117 e. The largest absolute Gasteiger partial charge is 0.465 e. The number of benzene rings is 1. The van der Waals surface area contributed by atoms with Crippen LogP contribution in [0.2, 0.25) is 0 Å². The van der Waals surface area contributed by atoms with Gasteiger partial charge in [-0.25, -0.2) is 0 Å². The van der Waals surface area contributed by atoms with Crippen molar-refractivity contribution in [2.75, 3.05) is 0 Å². The van der Waals surface area contributed by atoms with Gasteiger partial charge >= 0.3 is 0 Å². The lowest BCUT2D eigenvalue weighted by Crippen LogP contribution is -2.18. The van der Waals surface area contributed by atoms with Gasteiger partial charge in [0.05, 0.1) is 6.54 Å². The van der Waals surface area contributed by atoms with Gasteiger partial charge in [-0.05, 0) is 69.0 Å². The number of furan rings is 1. The first kappa shape index (κ1) is 13.9. The first-order valence-corrected chi connectivity index (χ1v) is 6.84.